The maximum Gasteiger partial charge on any atom is 0.417 e. The van der Waals surface area contributed by atoms with Crippen LogP contribution in [0.2, 0.25) is 5.02 Å². The number of aliphatic carboxylic acids is 1. The van der Waals surface area contributed by atoms with E-state index in [-0.39, 0.29) is 11.5 Å². The number of amides is 1. The smallest absolute Gasteiger partial charge is 0.417 e. The lowest BCUT2D eigenvalue weighted by Crippen LogP contribution is -2.39. The largest absolute Gasteiger partial charge is 0.481 e. The van der Waals surface area contributed by atoms with Crippen LogP contribution >= 0.6 is 11.6 Å². The van der Waals surface area contributed by atoms with Gasteiger partial charge in [0.15, 0.2) is 0 Å². The minimum absolute atomic E-state index is 0.209. The highest BCUT2D eigenvalue weighted by molar-refractivity contribution is 6.31. The molecule has 1 aliphatic heterocycles. The third-order valence-corrected chi connectivity index (χ3v) is 4.20. The number of carbonyl (C=O) groups is 2. The molecule has 1 fully saturated rings. The summed E-state index contributed by atoms with van der Waals surface area (Å²) in [6.07, 6.45) is -1.35. The van der Waals surface area contributed by atoms with Crippen LogP contribution in [0, 0.1) is 5.92 Å². The van der Waals surface area contributed by atoms with Crippen LogP contribution in [-0.2, 0) is 15.8 Å². The second kappa shape index (κ2) is 7.25. The van der Waals surface area contributed by atoms with E-state index in [0.29, 0.717) is 25.9 Å². The van der Waals surface area contributed by atoms with Crippen molar-refractivity contribution in [2.45, 2.75) is 19.0 Å². The minimum Gasteiger partial charge on any atom is -0.481 e. The highest BCUT2D eigenvalue weighted by Crippen LogP contribution is 2.35. The van der Waals surface area contributed by atoms with Gasteiger partial charge in [0, 0.05) is 19.2 Å². The van der Waals surface area contributed by atoms with E-state index in [2.05, 4.69) is 0 Å². The first-order chi connectivity index (χ1) is 11.2. The van der Waals surface area contributed by atoms with E-state index in [1.165, 1.54) is 23.1 Å². The third kappa shape index (κ3) is 4.50. The topological polar surface area (TPSA) is 57.6 Å². The van der Waals surface area contributed by atoms with E-state index in [0.717, 1.165) is 12.1 Å². The van der Waals surface area contributed by atoms with Crippen LogP contribution in [0.4, 0.5) is 13.2 Å². The zero-order chi connectivity index (χ0) is 17.9. The fraction of sp³-hybridized carbons (Fsp3) is 0.375. The Hall–Kier alpha value is -2.02. The Bertz CT molecular complexity index is 665. The van der Waals surface area contributed by atoms with Crippen LogP contribution in [0.15, 0.2) is 24.3 Å². The van der Waals surface area contributed by atoms with Crippen LogP contribution in [0.5, 0.6) is 0 Å². The number of nitrogens with zero attached hydrogens (tertiary/aromatic N) is 1. The van der Waals surface area contributed by atoms with E-state index in [1.807, 2.05) is 0 Å². The number of likely N-dealkylation sites (tertiary alicyclic amines) is 1. The number of halogens is 4. The highest BCUT2D eigenvalue weighted by atomic mass is 35.5. The highest BCUT2D eigenvalue weighted by Gasteiger charge is 2.33. The van der Waals surface area contributed by atoms with Gasteiger partial charge in [-0.1, -0.05) is 17.7 Å². The lowest BCUT2D eigenvalue weighted by atomic mass is 9.97. The number of hydrogen-bond donors (Lipinski definition) is 1. The van der Waals surface area contributed by atoms with Crippen molar-refractivity contribution in [2.24, 2.45) is 5.92 Å². The van der Waals surface area contributed by atoms with Crippen molar-refractivity contribution in [1.82, 2.24) is 4.90 Å². The molecule has 0 aliphatic carbocycles. The molecule has 0 radical (unpaired) electrons. The van der Waals surface area contributed by atoms with Crippen molar-refractivity contribution in [3.63, 3.8) is 0 Å². The summed E-state index contributed by atoms with van der Waals surface area (Å²) in [4.78, 5) is 24.4. The van der Waals surface area contributed by atoms with Crippen molar-refractivity contribution in [3.8, 4) is 0 Å². The Morgan fingerprint density at radius 2 is 1.88 bits per heavy atom. The molecule has 0 atom stereocenters. The van der Waals surface area contributed by atoms with E-state index in [4.69, 9.17) is 16.7 Å². The SMILES string of the molecule is O=C(O)C1CCN(C(=O)C=Cc2ccc(Cl)c(C(F)(F)F)c2)CC1. The number of carboxylic acids is 1. The van der Waals surface area contributed by atoms with Crippen LogP contribution in [-0.4, -0.2) is 35.0 Å². The molecule has 24 heavy (non-hydrogen) atoms. The number of benzene rings is 1. The summed E-state index contributed by atoms with van der Waals surface area (Å²) < 4.78 is 38.4. The van der Waals surface area contributed by atoms with Gasteiger partial charge in [-0.3, -0.25) is 9.59 Å². The molecule has 1 heterocycles. The molecular weight excluding hydrogens is 347 g/mol. The number of carboxylic acid groups (broad SMARTS) is 1. The van der Waals surface area contributed by atoms with Gasteiger partial charge in [0.1, 0.15) is 0 Å². The molecule has 4 nitrogen and oxygen atoms in total. The fourth-order valence-corrected chi connectivity index (χ4v) is 2.71. The summed E-state index contributed by atoms with van der Waals surface area (Å²) in [5, 5.41) is 8.51. The molecular formula is C16H15ClF3NO3. The fourth-order valence-electron chi connectivity index (χ4n) is 2.48. The Kier molecular flexibility index (Phi) is 5.54. The molecule has 1 saturated heterocycles. The van der Waals surface area contributed by atoms with Crippen molar-refractivity contribution >= 4 is 29.6 Å². The van der Waals surface area contributed by atoms with Gasteiger partial charge in [-0.05, 0) is 36.6 Å². The molecule has 0 unspecified atom stereocenters. The molecule has 130 valence electrons. The molecule has 1 aromatic rings. The first-order valence-corrected chi connectivity index (χ1v) is 7.63. The second-order valence-corrected chi connectivity index (χ2v) is 5.92. The third-order valence-electron chi connectivity index (χ3n) is 3.87. The summed E-state index contributed by atoms with van der Waals surface area (Å²) >= 11 is 5.54. The molecule has 0 spiro atoms. The van der Waals surface area contributed by atoms with E-state index in [9.17, 15) is 22.8 Å². The van der Waals surface area contributed by atoms with E-state index >= 15 is 0 Å². The van der Waals surface area contributed by atoms with Gasteiger partial charge >= 0.3 is 12.1 Å². The normalized spacial score (nSPS) is 16.6. The van der Waals surface area contributed by atoms with Crippen LogP contribution in [0.3, 0.4) is 0 Å². The molecule has 1 amide bonds. The first-order valence-electron chi connectivity index (χ1n) is 7.25. The second-order valence-electron chi connectivity index (χ2n) is 5.51. The minimum atomic E-state index is -4.57. The Labute approximate surface area is 141 Å². The number of piperidine rings is 1. The van der Waals surface area contributed by atoms with Gasteiger partial charge in [0.05, 0.1) is 16.5 Å². The van der Waals surface area contributed by atoms with Gasteiger partial charge in [-0.15, -0.1) is 0 Å². The predicted octanol–water partition coefficient (Wildman–Crippen LogP) is 3.70. The lowest BCUT2D eigenvalue weighted by molar-refractivity contribution is -0.144. The number of carbonyl (C=O) groups excluding carboxylic acids is 1. The Morgan fingerprint density at radius 1 is 1.25 bits per heavy atom. The predicted molar refractivity (Wildman–Crippen MR) is 82.4 cm³/mol. The van der Waals surface area contributed by atoms with Gasteiger partial charge in [0.25, 0.3) is 0 Å². The molecule has 1 N–H and O–H groups in total. The Balaban J connectivity index is 2.03. The maximum absolute atomic E-state index is 12.8. The van der Waals surface area contributed by atoms with Crippen LogP contribution in [0.25, 0.3) is 6.08 Å². The van der Waals surface area contributed by atoms with Gasteiger partial charge in [-0.25, -0.2) is 0 Å². The summed E-state index contributed by atoms with van der Waals surface area (Å²) in [5.74, 6) is -1.69. The zero-order valence-corrected chi connectivity index (χ0v) is 13.3. The molecule has 0 aromatic heterocycles. The van der Waals surface area contributed by atoms with Crippen molar-refractivity contribution in [1.29, 1.82) is 0 Å². The monoisotopic (exact) mass is 361 g/mol. The summed E-state index contributed by atoms with van der Waals surface area (Å²) in [6.45, 7) is 0.628. The van der Waals surface area contributed by atoms with E-state index < -0.39 is 28.6 Å². The summed E-state index contributed by atoms with van der Waals surface area (Å²) in [6, 6.07) is 3.40. The Morgan fingerprint density at radius 3 is 2.42 bits per heavy atom. The van der Waals surface area contributed by atoms with Crippen molar-refractivity contribution in [2.75, 3.05) is 13.1 Å². The summed E-state index contributed by atoms with van der Waals surface area (Å²) in [7, 11) is 0. The lowest BCUT2D eigenvalue weighted by Gasteiger charge is -2.29. The first kappa shape index (κ1) is 18.3. The zero-order valence-electron chi connectivity index (χ0n) is 12.5. The standard InChI is InChI=1S/C16H15ClF3NO3/c17-13-3-1-10(9-12(13)16(18,19)20)2-4-14(22)21-7-5-11(6-8-21)15(23)24/h1-4,9,11H,5-8H2,(H,23,24). The molecule has 1 aliphatic rings. The number of hydrogen-bond acceptors (Lipinski definition) is 2. The number of rotatable bonds is 3. The number of alkyl halides is 3. The van der Waals surface area contributed by atoms with Gasteiger partial charge in [-0.2, -0.15) is 13.2 Å². The average Bonchev–Trinajstić information content (AvgIpc) is 2.52. The quantitative estimate of drug-likeness (QED) is 0.835. The van der Waals surface area contributed by atoms with Crippen molar-refractivity contribution < 1.29 is 27.9 Å². The summed E-state index contributed by atoms with van der Waals surface area (Å²) in [5.41, 5.74) is -0.749. The van der Waals surface area contributed by atoms with Crippen molar-refractivity contribution in [3.05, 3.63) is 40.4 Å². The van der Waals surface area contributed by atoms with Crippen LogP contribution < -0.4 is 0 Å². The molecule has 0 saturated carbocycles. The molecule has 1 aromatic carbocycles. The van der Waals surface area contributed by atoms with Crippen LogP contribution in [0.1, 0.15) is 24.0 Å². The molecule has 8 heteroatoms. The maximum atomic E-state index is 12.8. The molecule has 0 bridgehead atoms. The average molecular weight is 362 g/mol. The van der Waals surface area contributed by atoms with Gasteiger partial charge in [0.2, 0.25) is 5.91 Å². The van der Waals surface area contributed by atoms with Gasteiger partial charge < -0.3 is 10.0 Å². The van der Waals surface area contributed by atoms with E-state index in [1.54, 1.807) is 0 Å². The molecule has 2 rings (SSSR count).